The van der Waals surface area contributed by atoms with Crippen LogP contribution in [0.2, 0.25) is 0 Å². The maximum atomic E-state index is 12.1. The largest absolute Gasteiger partial charge is 0.487 e. The van der Waals surface area contributed by atoms with E-state index >= 15 is 0 Å². The van der Waals surface area contributed by atoms with Crippen molar-refractivity contribution in [1.82, 2.24) is 0 Å². The van der Waals surface area contributed by atoms with Crippen molar-refractivity contribution < 1.29 is 14.3 Å². The average molecular weight is 353 g/mol. The molecule has 0 bridgehead atoms. The van der Waals surface area contributed by atoms with E-state index in [-0.39, 0.29) is 18.4 Å². The fraction of sp³-hybridized carbons (Fsp3) is 0.200. The van der Waals surface area contributed by atoms with Crippen LogP contribution in [0.5, 0.6) is 5.75 Å². The number of hydrogen-bond acceptors (Lipinski definition) is 4. The molecule has 6 nitrogen and oxygen atoms in total. The molecule has 0 saturated heterocycles. The van der Waals surface area contributed by atoms with Crippen LogP contribution in [-0.4, -0.2) is 25.0 Å². The lowest BCUT2D eigenvalue weighted by Crippen LogP contribution is -2.22. The molecule has 0 unspecified atom stereocenters. The lowest BCUT2D eigenvalue weighted by molar-refractivity contribution is -0.116. The summed E-state index contributed by atoms with van der Waals surface area (Å²) in [5.74, 6) is 0.424. The molecule has 2 aromatic rings. The van der Waals surface area contributed by atoms with Gasteiger partial charge in [-0.2, -0.15) is 0 Å². The first-order valence-electron chi connectivity index (χ1n) is 8.38. The Hall–Kier alpha value is -3.28. The highest BCUT2D eigenvalue weighted by Crippen LogP contribution is 2.23. The third-order valence-corrected chi connectivity index (χ3v) is 3.46. The van der Waals surface area contributed by atoms with Gasteiger partial charge in [0.1, 0.15) is 12.4 Å². The summed E-state index contributed by atoms with van der Waals surface area (Å²) in [6.07, 6.45) is 2.08. The summed E-state index contributed by atoms with van der Waals surface area (Å²) in [4.78, 5) is 23.5. The number of carbonyl (C=O) groups excluding carboxylic acids is 2. The van der Waals surface area contributed by atoms with E-state index in [1.165, 1.54) is 0 Å². The Kier molecular flexibility index (Phi) is 7.24. The van der Waals surface area contributed by atoms with Crippen molar-refractivity contribution in [2.45, 2.75) is 13.3 Å². The van der Waals surface area contributed by atoms with Crippen molar-refractivity contribution in [3.05, 3.63) is 61.2 Å². The van der Waals surface area contributed by atoms with Crippen LogP contribution >= 0.6 is 0 Å². The van der Waals surface area contributed by atoms with Gasteiger partial charge in [0.15, 0.2) is 0 Å². The molecule has 0 aliphatic rings. The third kappa shape index (κ3) is 5.98. The van der Waals surface area contributed by atoms with Crippen LogP contribution in [-0.2, 0) is 9.59 Å². The Balaban J connectivity index is 1.87. The second kappa shape index (κ2) is 9.88. The van der Waals surface area contributed by atoms with Gasteiger partial charge >= 0.3 is 0 Å². The summed E-state index contributed by atoms with van der Waals surface area (Å²) < 4.78 is 5.54. The van der Waals surface area contributed by atoms with Gasteiger partial charge in [-0.25, -0.2) is 0 Å². The molecule has 26 heavy (non-hydrogen) atoms. The topological polar surface area (TPSA) is 79.5 Å². The minimum atomic E-state index is -0.186. The number of carbonyl (C=O) groups is 2. The van der Waals surface area contributed by atoms with Crippen LogP contribution in [0, 0.1) is 0 Å². The van der Waals surface area contributed by atoms with E-state index in [1.54, 1.807) is 37.3 Å². The molecule has 0 radical (unpaired) electrons. The van der Waals surface area contributed by atoms with E-state index in [4.69, 9.17) is 4.74 Å². The van der Waals surface area contributed by atoms with Crippen molar-refractivity contribution in [2.75, 3.05) is 29.1 Å². The first kappa shape index (κ1) is 19.1. The summed E-state index contributed by atoms with van der Waals surface area (Å²) >= 11 is 0. The predicted octanol–water partition coefficient (Wildman–Crippen LogP) is 3.65. The molecule has 0 fully saturated rings. The van der Waals surface area contributed by atoms with E-state index in [2.05, 4.69) is 22.5 Å². The Bertz CT molecular complexity index is 757. The number of hydrogen-bond donors (Lipinski definition) is 3. The molecule has 0 spiro atoms. The third-order valence-electron chi connectivity index (χ3n) is 3.46. The number of benzene rings is 2. The highest BCUT2D eigenvalue weighted by Gasteiger charge is 2.06. The number of nitrogens with one attached hydrogen (secondary N) is 3. The number of para-hydroxylation sites is 2. The molecule has 0 aliphatic heterocycles. The molecule has 2 aromatic carbocycles. The first-order valence-corrected chi connectivity index (χ1v) is 8.38. The standard InChI is InChI=1S/C20H23N3O3/c1-3-13-26-18-8-6-5-7-17(18)21-14-20(25)23-16-11-9-15(10-12-16)22-19(24)4-2/h3,5-12,21H,1,4,13-14H2,2H3,(H,22,24)(H,23,25). The van der Waals surface area contributed by atoms with Gasteiger partial charge in [-0.3, -0.25) is 9.59 Å². The maximum absolute atomic E-state index is 12.1. The van der Waals surface area contributed by atoms with Crippen LogP contribution in [0.4, 0.5) is 17.1 Å². The second-order valence-corrected chi connectivity index (χ2v) is 5.48. The number of ether oxygens (including phenoxy) is 1. The predicted molar refractivity (Wildman–Crippen MR) is 105 cm³/mol. The maximum Gasteiger partial charge on any atom is 0.243 e. The minimum absolute atomic E-state index is 0.0525. The van der Waals surface area contributed by atoms with Gasteiger partial charge < -0.3 is 20.7 Å². The van der Waals surface area contributed by atoms with Crippen LogP contribution in [0.1, 0.15) is 13.3 Å². The van der Waals surface area contributed by atoms with Gasteiger partial charge in [0.25, 0.3) is 0 Å². The summed E-state index contributed by atoms with van der Waals surface area (Å²) in [6, 6.07) is 14.4. The van der Waals surface area contributed by atoms with Crippen molar-refractivity contribution >= 4 is 28.9 Å². The quantitative estimate of drug-likeness (QED) is 0.601. The SMILES string of the molecule is C=CCOc1ccccc1NCC(=O)Nc1ccc(NC(=O)CC)cc1. The van der Waals surface area contributed by atoms with Crippen molar-refractivity contribution in [2.24, 2.45) is 0 Å². The lowest BCUT2D eigenvalue weighted by Gasteiger charge is -2.12. The molecule has 3 N–H and O–H groups in total. The van der Waals surface area contributed by atoms with Gasteiger partial charge in [-0.1, -0.05) is 31.7 Å². The van der Waals surface area contributed by atoms with Crippen LogP contribution < -0.4 is 20.7 Å². The molecule has 136 valence electrons. The zero-order chi connectivity index (χ0) is 18.8. The van der Waals surface area contributed by atoms with E-state index in [0.717, 1.165) is 5.69 Å². The highest BCUT2D eigenvalue weighted by molar-refractivity contribution is 5.95. The molecular weight excluding hydrogens is 330 g/mol. The number of rotatable bonds is 9. The van der Waals surface area contributed by atoms with Gasteiger partial charge in [-0.15, -0.1) is 0 Å². The summed E-state index contributed by atoms with van der Waals surface area (Å²) in [5.41, 5.74) is 2.09. The summed E-state index contributed by atoms with van der Waals surface area (Å²) in [5, 5.41) is 8.61. The normalized spacial score (nSPS) is 9.88. The Morgan fingerprint density at radius 1 is 1.00 bits per heavy atom. The minimum Gasteiger partial charge on any atom is -0.487 e. The van der Waals surface area contributed by atoms with E-state index in [0.29, 0.717) is 30.2 Å². The fourth-order valence-corrected chi connectivity index (χ4v) is 2.15. The number of amides is 2. The van der Waals surface area contributed by atoms with Crippen molar-refractivity contribution in [1.29, 1.82) is 0 Å². The van der Waals surface area contributed by atoms with Crippen LogP contribution in [0.25, 0.3) is 0 Å². The van der Waals surface area contributed by atoms with Crippen LogP contribution in [0.15, 0.2) is 61.2 Å². The average Bonchev–Trinajstić information content (AvgIpc) is 2.66. The molecule has 0 aliphatic carbocycles. The Labute approximate surface area is 153 Å². The summed E-state index contributed by atoms with van der Waals surface area (Å²) in [6.45, 7) is 5.90. The zero-order valence-corrected chi connectivity index (χ0v) is 14.7. The summed E-state index contributed by atoms with van der Waals surface area (Å²) in [7, 11) is 0. The molecule has 0 heterocycles. The Morgan fingerprint density at radius 3 is 2.23 bits per heavy atom. The Morgan fingerprint density at radius 2 is 1.62 bits per heavy atom. The second-order valence-electron chi connectivity index (χ2n) is 5.48. The molecular formula is C20H23N3O3. The van der Waals surface area contributed by atoms with Crippen molar-refractivity contribution in [3.63, 3.8) is 0 Å². The monoisotopic (exact) mass is 353 g/mol. The molecule has 6 heteroatoms. The van der Waals surface area contributed by atoms with E-state index in [9.17, 15) is 9.59 Å². The smallest absolute Gasteiger partial charge is 0.243 e. The zero-order valence-electron chi connectivity index (χ0n) is 14.7. The van der Waals surface area contributed by atoms with E-state index in [1.807, 2.05) is 24.3 Å². The van der Waals surface area contributed by atoms with E-state index < -0.39 is 0 Å². The molecule has 0 saturated carbocycles. The van der Waals surface area contributed by atoms with Gasteiger partial charge in [-0.05, 0) is 36.4 Å². The molecule has 0 atom stereocenters. The lowest BCUT2D eigenvalue weighted by atomic mass is 10.2. The fourth-order valence-electron chi connectivity index (χ4n) is 2.15. The van der Waals surface area contributed by atoms with Gasteiger partial charge in [0.2, 0.25) is 11.8 Å². The van der Waals surface area contributed by atoms with Gasteiger partial charge in [0.05, 0.1) is 12.2 Å². The molecule has 2 rings (SSSR count). The highest BCUT2D eigenvalue weighted by atomic mass is 16.5. The molecule has 0 aromatic heterocycles. The van der Waals surface area contributed by atoms with Gasteiger partial charge in [0, 0.05) is 17.8 Å². The number of anilines is 3. The first-order chi connectivity index (χ1) is 12.6. The van der Waals surface area contributed by atoms with Crippen LogP contribution in [0.3, 0.4) is 0 Å². The molecule has 2 amide bonds. The van der Waals surface area contributed by atoms with Crippen molar-refractivity contribution in [3.8, 4) is 5.75 Å².